The van der Waals surface area contributed by atoms with Crippen LogP contribution in [0, 0.1) is 29.5 Å². The molecular formula is C23H30ClFO. The molecular weight excluding hydrogens is 347 g/mol. The summed E-state index contributed by atoms with van der Waals surface area (Å²) in [4.78, 5) is 0. The first-order chi connectivity index (χ1) is 12.6. The number of rotatable bonds is 4. The van der Waals surface area contributed by atoms with Gasteiger partial charge >= 0.3 is 0 Å². The summed E-state index contributed by atoms with van der Waals surface area (Å²) in [6.07, 6.45) is 15.0. The zero-order valence-corrected chi connectivity index (χ0v) is 16.5. The normalized spacial score (nSPS) is 35.0. The fraction of sp³-hybridized carbons (Fsp3) is 0.652. The van der Waals surface area contributed by atoms with Gasteiger partial charge in [-0.3, -0.25) is 0 Å². The van der Waals surface area contributed by atoms with E-state index in [1.165, 1.54) is 51.4 Å². The van der Waals surface area contributed by atoms with Gasteiger partial charge in [-0.2, -0.15) is 0 Å². The number of epoxide rings is 1. The Bertz CT molecular complexity index is 650. The highest BCUT2D eigenvalue weighted by Crippen LogP contribution is 2.42. The van der Waals surface area contributed by atoms with E-state index >= 15 is 0 Å². The third-order valence-electron chi connectivity index (χ3n) is 6.91. The molecule has 0 aromatic heterocycles. The second-order valence-corrected chi connectivity index (χ2v) is 9.13. The first-order valence-electron chi connectivity index (χ1n) is 10.4. The van der Waals surface area contributed by atoms with Gasteiger partial charge in [-0.1, -0.05) is 55.7 Å². The van der Waals surface area contributed by atoms with Crippen LogP contribution in [-0.2, 0) is 4.74 Å². The summed E-state index contributed by atoms with van der Waals surface area (Å²) in [6.45, 7) is 3.05. The number of hydrogen-bond donors (Lipinski definition) is 0. The lowest BCUT2D eigenvalue weighted by Crippen LogP contribution is -2.24. The standard InChI is InChI=1S/C23H30ClFO/c1-15-2-7-17(8-3-15)18-9-4-16(5-10-18)6-11-19-12-13-20(21-14-26-21)22(24)23(19)25/h6,11-13,15-18,21H,2-5,7-10,14H2,1H3/b11-6+. The predicted molar refractivity (Wildman–Crippen MR) is 106 cm³/mol. The molecule has 1 nitrogen and oxygen atoms in total. The molecule has 142 valence electrons. The van der Waals surface area contributed by atoms with Gasteiger partial charge in [0.2, 0.25) is 0 Å². The van der Waals surface area contributed by atoms with Crippen molar-refractivity contribution in [3.8, 4) is 0 Å². The Kier molecular flexibility index (Phi) is 5.71. The Labute approximate surface area is 162 Å². The van der Waals surface area contributed by atoms with Crippen LogP contribution < -0.4 is 0 Å². The lowest BCUT2D eigenvalue weighted by atomic mass is 9.69. The molecule has 0 radical (unpaired) electrons. The molecule has 0 spiro atoms. The van der Waals surface area contributed by atoms with Gasteiger partial charge in [-0.25, -0.2) is 4.39 Å². The van der Waals surface area contributed by atoms with Crippen LogP contribution in [0.5, 0.6) is 0 Å². The van der Waals surface area contributed by atoms with E-state index in [1.807, 2.05) is 18.2 Å². The highest BCUT2D eigenvalue weighted by Gasteiger charge is 2.30. The third kappa shape index (κ3) is 4.17. The van der Waals surface area contributed by atoms with Gasteiger partial charge in [-0.15, -0.1) is 0 Å². The molecule has 1 heterocycles. The molecule has 0 N–H and O–H groups in total. The summed E-state index contributed by atoms with van der Waals surface area (Å²) in [6, 6.07) is 3.74. The first kappa shape index (κ1) is 18.5. The van der Waals surface area contributed by atoms with Crippen LogP contribution in [0.3, 0.4) is 0 Å². The van der Waals surface area contributed by atoms with Crippen LogP contribution in [0.25, 0.3) is 6.08 Å². The van der Waals surface area contributed by atoms with Gasteiger partial charge in [0.05, 0.1) is 11.6 Å². The first-order valence-corrected chi connectivity index (χ1v) is 10.8. The Morgan fingerprint density at radius 3 is 2.23 bits per heavy atom. The zero-order valence-electron chi connectivity index (χ0n) is 15.7. The topological polar surface area (TPSA) is 12.5 Å². The minimum Gasteiger partial charge on any atom is -0.368 e. The van der Waals surface area contributed by atoms with Crippen molar-refractivity contribution in [2.24, 2.45) is 23.7 Å². The molecule has 3 fully saturated rings. The summed E-state index contributed by atoms with van der Waals surface area (Å²) in [5.41, 5.74) is 1.38. The van der Waals surface area contributed by atoms with E-state index in [0.717, 1.165) is 23.3 Å². The predicted octanol–water partition coefficient (Wildman–Crippen LogP) is 7.20. The lowest BCUT2D eigenvalue weighted by molar-refractivity contribution is 0.160. The molecule has 0 bridgehead atoms. The van der Waals surface area contributed by atoms with E-state index in [4.69, 9.17) is 16.3 Å². The molecule has 1 saturated heterocycles. The van der Waals surface area contributed by atoms with Crippen molar-refractivity contribution in [3.05, 3.63) is 40.2 Å². The summed E-state index contributed by atoms with van der Waals surface area (Å²) in [7, 11) is 0. The molecule has 0 amide bonds. The minimum atomic E-state index is -0.305. The van der Waals surface area contributed by atoms with Crippen LogP contribution in [0.4, 0.5) is 4.39 Å². The van der Waals surface area contributed by atoms with E-state index in [1.54, 1.807) is 0 Å². The molecule has 4 rings (SSSR count). The molecule has 2 aliphatic carbocycles. The van der Waals surface area contributed by atoms with Crippen LogP contribution in [0.1, 0.15) is 75.5 Å². The molecule has 1 aromatic rings. The fourth-order valence-corrected chi connectivity index (χ4v) is 5.28. The van der Waals surface area contributed by atoms with Crippen molar-refractivity contribution in [2.75, 3.05) is 6.61 Å². The van der Waals surface area contributed by atoms with Crippen molar-refractivity contribution in [1.29, 1.82) is 0 Å². The van der Waals surface area contributed by atoms with Crippen LogP contribution >= 0.6 is 11.6 Å². The average molecular weight is 377 g/mol. The molecule has 2 saturated carbocycles. The van der Waals surface area contributed by atoms with Gasteiger partial charge in [-0.05, 0) is 62.2 Å². The zero-order chi connectivity index (χ0) is 18.1. The molecule has 1 unspecified atom stereocenters. The van der Waals surface area contributed by atoms with E-state index in [-0.39, 0.29) is 16.9 Å². The summed E-state index contributed by atoms with van der Waals surface area (Å²) < 4.78 is 19.7. The minimum absolute atomic E-state index is 0.00641. The van der Waals surface area contributed by atoms with Gasteiger partial charge < -0.3 is 4.74 Å². The Hall–Kier alpha value is -0.860. The molecule has 1 atom stereocenters. The monoisotopic (exact) mass is 376 g/mol. The van der Waals surface area contributed by atoms with Crippen molar-refractivity contribution >= 4 is 17.7 Å². The maximum Gasteiger partial charge on any atom is 0.149 e. The number of hydrogen-bond acceptors (Lipinski definition) is 1. The maximum absolute atomic E-state index is 14.5. The van der Waals surface area contributed by atoms with Crippen molar-refractivity contribution < 1.29 is 9.13 Å². The second kappa shape index (κ2) is 8.02. The number of halogens is 2. The van der Waals surface area contributed by atoms with E-state index in [0.29, 0.717) is 18.1 Å². The van der Waals surface area contributed by atoms with Gasteiger partial charge in [0.15, 0.2) is 0 Å². The summed E-state index contributed by atoms with van der Waals surface area (Å²) >= 11 is 6.18. The van der Waals surface area contributed by atoms with Gasteiger partial charge in [0.25, 0.3) is 0 Å². The molecule has 26 heavy (non-hydrogen) atoms. The van der Waals surface area contributed by atoms with Crippen molar-refractivity contribution in [2.45, 2.75) is 64.4 Å². The second-order valence-electron chi connectivity index (χ2n) is 8.75. The maximum atomic E-state index is 14.5. The largest absolute Gasteiger partial charge is 0.368 e. The van der Waals surface area contributed by atoms with E-state index in [2.05, 4.69) is 13.0 Å². The highest BCUT2D eigenvalue weighted by atomic mass is 35.5. The van der Waals surface area contributed by atoms with E-state index < -0.39 is 0 Å². The Morgan fingerprint density at radius 2 is 1.62 bits per heavy atom. The molecule has 1 aromatic carbocycles. The Morgan fingerprint density at radius 1 is 1.00 bits per heavy atom. The summed E-state index contributed by atoms with van der Waals surface area (Å²) in [5, 5.41) is 0.227. The van der Waals surface area contributed by atoms with Crippen LogP contribution in [-0.4, -0.2) is 6.61 Å². The SMILES string of the molecule is CC1CCC(C2CCC(/C=C/c3ccc(C4CO4)c(Cl)c3F)CC2)CC1. The third-order valence-corrected chi connectivity index (χ3v) is 7.30. The van der Waals surface area contributed by atoms with Gasteiger partial charge in [0.1, 0.15) is 11.9 Å². The van der Waals surface area contributed by atoms with E-state index in [9.17, 15) is 4.39 Å². The highest BCUT2D eigenvalue weighted by molar-refractivity contribution is 6.31. The summed E-state index contributed by atoms with van der Waals surface area (Å²) in [5.74, 6) is 3.10. The molecule has 3 heteroatoms. The van der Waals surface area contributed by atoms with Crippen LogP contribution in [0.15, 0.2) is 18.2 Å². The average Bonchev–Trinajstić information content (AvgIpc) is 3.49. The Balaban J connectivity index is 1.32. The smallest absolute Gasteiger partial charge is 0.149 e. The van der Waals surface area contributed by atoms with Crippen LogP contribution in [0.2, 0.25) is 5.02 Å². The quantitative estimate of drug-likeness (QED) is 0.506. The number of allylic oxidation sites excluding steroid dienone is 1. The number of ether oxygens (including phenoxy) is 1. The number of benzene rings is 1. The molecule has 1 aliphatic heterocycles. The molecule has 3 aliphatic rings. The fourth-order valence-electron chi connectivity index (χ4n) is 4.99. The van der Waals surface area contributed by atoms with Crippen molar-refractivity contribution in [1.82, 2.24) is 0 Å². The lowest BCUT2D eigenvalue weighted by Gasteiger charge is -2.36. The van der Waals surface area contributed by atoms with Gasteiger partial charge in [0, 0.05) is 11.1 Å². The van der Waals surface area contributed by atoms with Crippen molar-refractivity contribution in [3.63, 3.8) is 0 Å².